The van der Waals surface area contributed by atoms with Crippen molar-refractivity contribution in [3.63, 3.8) is 0 Å². The second-order valence-electron chi connectivity index (χ2n) is 5.98. The molecule has 2 aromatic rings. The third-order valence-electron chi connectivity index (χ3n) is 3.22. The summed E-state index contributed by atoms with van der Waals surface area (Å²) in [5.41, 5.74) is 2.40. The van der Waals surface area contributed by atoms with Gasteiger partial charge in [-0.1, -0.05) is 0 Å². The Kier molecular flexibility index (Phi) is 12.4. The summed E-state index contributed by atoms with van der Waals surface area (Å²) in [5.74, 6) is 1.88. The first-order valence-corrected chi connectivity index (χ1v) is 9.61. The van der Waals surface area contributed by atoms with Gasteiger partial charge in [-0.3, -0.25) is 0 Å². The first-order chi connectivity index (χ1) is 11.1. The fourth-order valence-corrected chi connectivity index (χ4v) is 3.78. The molecule has 7 heteroatoms. The van der Waals surface area contributed by atoms with Crippen molar-refractivity contribution in [2.24, 2.45) is 0 Å². The fraction of sp³-hybridized carbons (Fsp3) is 0.333. The summed E-state index contributed by atoms with van der Waals surface area (Å²) in [6.45, 7) is 1.74. The van der Waals surface area contributed by atoms with E-state index in [9.17, 15) is 0 Å². The minimum Gasteiger partial charge on any atom is -1.00 e. The molecule has 25 heavy (non-hydrogen) atoms. The maximum absolute atomic E-state index is 6.01. The van der Waals surface area contributed by atoms with Crippen molar-refractivity contribution in [2.45, 2.75) is 13.1 Å². The van der Waals surface area contributed by atoms with Crippen molar-refractivity contribution in [3.05, 3.63) is 59.7 Å². The van der Waals surface area contributed by atoms with Crippen molar-refractivity contribution in [2.75, 3.05) is 28.2 Å². The average Bonchev–Trinajstić information content (AvgIpc) is 2.49. The van der Waals surface area contributed by atoms with Gasteiger partial charge in [0.15, 0.2) is 0 Å². The summed E-state index contributed by atoms with van der Waals surface area (Å²) in [6.07, 6.45) is 0. The molecule has 0 radical (unpaired) electrons. The molecule has 0 aliphatic heterocycles. The van der Waals surface area contributed by atoms with Crippen LogP contribution in [0, 0.1) is 0 Å². The molecule has 0 spiro atoms. The quantitative estimate of drug-likeness (QED) is 0.423. The van der Waals surface area contributed by atoms with E-state index >= 15 is 0 Å². The van der Waals surface area contributed by atoms with Crippen LogP contribution in [0.3, 0.4) is 0 Å². The number of halogens is 2. The molecule has 0 heterocycles. The molecule has 2 aromatic carbocycles. The normalized spacial score (nSPS) is 9.84. The third kappa shape index (κ3) is 8.57. The minimum absolute atomic E-state index is 0. The number of rotatable bonds is 8. The Morgan fingerprint density at radius 3 is 1.40 bits per heavy atom. The zero-order valence-corrected chi connectivity index (χ0v) is 19.0. The number of benzene rings is 2. The molecule has 0 saturated carbocycles. The summed E-state index contributed by atoms with van der Waals surface area (Å²) in [4.78, 5) is 4.28. The SMILES string of the molecule is CN(C)Cc1ccccc1[O][Zr+2][O]c1ccccc1CN(C)C.[Cl-].[Cl-]. The first-order valence-electron chi connectivity index (χ1n) is 7.60. The van der Waals surface area contributed by atoms with Gasteiger partial charge in [-0.15, -0.1) is 0 Å². The maximum Gasteiger partial charge on any atom is -1.00 e. The van der Waals surface area contributed by atoms with E-state index in [4.69, 9.17) is 5.63 Å². The Labute approximate surface area is 176 Å². The van der Waals surface area contributed by atoms with E-state index in [1.54, 1.807) is 0 Å². The first kappa shape index (κ1) is 24.4. The van der Waals surface area contributed by atoms with Gasteiger partial charge in [0.2, 0.25) is 0 Å². The summed E-state index contributed by atoms with van der Waals surface area (Å²) < 4.78 is 12.0. The van der Waals surface area contributed by atoms with E-state index in [1.165, 1.54) is 11.1 Å². The van der Waals surface area contributed by atoms with Gasteiger partial charge in [-0.25, -0.2) is 0 Å². The van der Waals surface area contributed by atoms with Crippen LogP contribution < -0.4 is 30.4 Å². The van der Waals surface area contributed by atoms with Crippen LogP contribution >= 0.6 is 0 Å². The van der Waals surface area contributed by atoms with E-state index < -0.39 is 24.1 Å². The molecule has 0 aromatic heterocycles. The van der Waals surface area contributed by atoms with Crippen molar-refractivity contribution < 1.29 is 54.6 Å². The van der Waals surface area contributed by atoms with E-state index in [2.05, 4.69) is 50.1 Å². The second kappa shape index (κ2) is 12.7. The van der Waals surface area contributed by atoms with Crippen LogP contribution in [-0.4, -0.2) is 38.0 Å². The average molecular weight is 463 g/mol. The van der Waals surface area contributed by atoms with Crippen LogP contribution in [0.15, 0.2) is 48.5 Å². The predicted molar refractivity (Wildman–Crippen MR) is 88.9 cm³/mol. The zero-order valence-electron chi connectivity index (χ0n) is 15.0. The van der Waals surface area contributed by atoms with E-state index in [0.717, 1.165) is 24.6 Å². The Hall–Kier alpha value is -0.577. The van der Waals surface area contributed by atoms with Crippen molar-refractivity contribution >= 4 is 0 Å². The Bertz CT molecular complexity index is 574. The molecule has 0 aliphatic carbocycles. The van der Waals surface area contributed by atoms with Crippen LogP contribution in [0.4, 0.5) is 0 Å². The van der Waals surface area contributed by atoms with Gasteiger partial charge < -0.3 is 24.8 Å². The molecular formula is C18H24Cl2N2O2Zr. The van der Waals surface area contributed by atoms with Crippen molar-refractivity contribution in [1.82, 2.24) is 9.80 Å². The van der Waals surface area contributed by atoms with Gasteiger partial charge in [0.05, 0.1) is 0 Å². The van der Waals surface area contributed by atoms with Gasteiger partial charge in [0.1, 0.15) is 0 Å². The Balaban J connectivity index is 0.00000288. The molecule has 0 fully saturated rings. The monoisotopic (exact) mass is 460 g/mol. The largest absolute Gasteiger partial charge is 1.00 e. The smallest absolute Gasteiger partial charge is 1.00 e. The van der Waals surface area contributed by atoms with Gasteiger partial charge in [-0.05, 0) is 0 Å². The molecular weight excluding hydrogens is 438 g/mol. The van der Waals surface area contributed by atoms with Crippen LogP contribution in [0.2, 0.25) is 0 Å². The fourth-order valence-electron chi connectivity index (χ4n) is 2.26. The Morgan fingerprint density at radius 2 is 1.04 bits per heavy atom. The second-order valence-corrected chi connectivity index (χ2v) is 7.39. The van der Waals surface area contributed by atoms with Crippen molar-refractivity contribution in [3.8, 4) is 11.5 Å². The van der Waals surface area contributed by atoms with E-state index in [1.807, 2.05) is 36.4 Å². The summed E-state index contributed by atoms with van der Waals surface area (Å²) >= 11 is -1.43. The van der Waals surface area contributed by atoms with Gasteiger partial charge in [0.25, 0.3) is 0 Å². The molecule has 0 bridgehead atoms. The molecule has 0 amide bonds. The molecule has 2 rings (SSSR count). The molecule has 0 unspecified atom stereocenters. The zero-order chi connectivity index (χ0) is 16.7. The van der Waals surface area contributed by atoms with E-state index in [-0.39, 0.29) is 24.8 Å². The molecule has 0 N–H and O–H groups in total. The maximum atomic E-state index is 6.01. The van der Waals surface area contributed by atoms with Crippen LogP contribution in [0.25, 0.3) is 0 Å². The van der Waals surface area contributed by atoms with Crippen LogP contribution in [0.1, 0.15) is 11.1 Å². The summed E-state index contributed by atoms with van der Waals surface area (Å²) in [7, 11) is 8.24. The number of nitrogens with zero attached hydrogens (tertiary/aromatic N) is 2. The molecule has 0 aliphatic rings. The van der Waals surface area contributed by atoms with Gasteiger partial charge in [0, 0.05) is 0 Å². The number of hydrogen-bond donors (Lipinski definition) is 0. The Morgan fingerprint density at radius 1 is 0.680 bits per heavy atom. The molecule has 136 valence electrons. The summed E-state index contributed by atoms with van der Waals surface area (Å²) in [5, 5.41) is 0. The minimum atomic E-state index is -1.43. The van der Waals surface area contributed by atoms with Crippen LogP contribution in [-0.2, 0) is 37.2 Å². The van der Waals surface area contributed by atoms with Crippen LogP contribution in [0.5, 0.6) is 11.5 Å². The molecule has 0 saturated heterocycles. The molecule has 4 nitrogen and oxygen atoms in total. The predicted octanol–water partition coefficient (Wildman–Crippen LogP) is -2.81. The standard InChI is InChI=1S/2C9H13NO.2ClH.Zr/c2*1-10(2)7-8-5-3-4-6-9(8)11;;;/h2*3-6,11H,7H2,1-2H3;2*1H;/q;;;;+4/p-4. The number of hydrogen-bond acceptors (Lipinski definition) is 4. The van der Waals surface area contributed by atoms with Crippen molar-refractivity contribution in [1.29, 1.82) is 0 Å². The molecule has 0 atom stereocenters. The van der Waals surface area contributed by atoms with E-state index in [0.29, 0.717) is 0 Å². The number of para-hydroxylation sites is 2. The van der Waals surface area contributed by atoms with Gasteiger partial charge in [-0.2, -0.15) is 0 Å². The summed E-state index contributed by atoms with van der Waals surface area (Å²) in [6, 6.07) is 16.4. The van der Waals surface area contributed by atoms with Gasteiger partial charge >= 0.3 is 152 Å². The topological polar surface area (TPSA) is 24.9 Å². The third-order valence-corrected chi connectivity index (χ3v) is 4.71.